The normalized spacial score (nSPS) is 11.7. The van der Waals surface area contributed by atoms with Gasteiger partial charge < -0.3 is 4.74 Å². The number of sulfone groups is 1. The molecule has 1 heterocycles. The highest BCUT2D eigenvalue weighted by Crippen LogP contribution is 2.31. The van der Waals surface area contributed by atoms with Crippen molar-refractivity contribution in [3.8, 4) is 17.2 Å². The van der Waals surface area contributed by atoms with Crippen molar-refractivity contribution in [2.24, 2.45) is 0 Å². The molecule has 0 saturated carbocycles. The number of nitrogens with zero attached hydrogens (tertiary/aromatic N) is 2. The molecule has 0 aliphatic carbocycles. The van der Waals surface area contributed by atoms with E-state index in [4.69, 9.17) is 27.9 Å². The Kier molecular flexibility index (Phi) is 5.02. The van der Waals surface area contributed by atoms with Crippen LogP contribution in [0.3, 0.4) is 0 Å². The molecule has 0 aliphatic rings. The molecule has 0 fully saturated rings. The molecule has 4 rings (SSSR count). The smallest absolute Gasteiger partial charge is 0.175 e. The predicted octanol–water partition coefficient (Wildman–Crippen LogP) is 5.84. The second kappa shape index (κ2) is 7.37. The van der Waals surface area contributed by atoms with Crippen molar-refractivity contribution in [3.05, 3.63) is 76.5 Å². The van der Waals surface area contributed by atoms with Crippen molar-refractivity contribution < 1.29 is 13.2 Å². The van der Waals surface area contributed by atoms with Crippen molar-refractivity contribution in [2.45, 2.75) is 11.8 Å². The van der Waals surface area contributed by atoms with Crippen molar-refractivity contribution in [1.29, 1.82) is 0 Å². The zero-order chi connectivity index (χ0) is 20.8. The molecule has 3 aromatic carbocycles. The molecular formula is C21H16Cl2N2O3S. The third-order valence-electron chi connectivity index (χ3n) is 4.39. The zero-order valence-corrected chi connectivity index (χ0v) is 17.9. The number of para-hydroxylation sites is 1. The van der Waals surface area contributed by atoms with Gasteiger partial charge in [0, 0.05) is 17.3 Å². The summed E-state index contributed by atoms with van der Waals surface area (Å²) in [4.78, 5) is 4.66. The van der Waals surface area contributed by atoms with Gasteiger partial charge in [-0.1, -0.05) is 35.3 Å². The van der Waals surface area contributed by atoms with Crippen LogP contribution in [-0.2, 0) is 9.84 Å². The summed E-state index contributed by atoms with van der Waals surface area (Å²) in [5, 5.41) is 0.870. The van der Waals surface area contributed by atoms with Gasteiger partial charge in [-0.2, -0.15) is 0 Å². The minimum atomic E-state index is -3.41. The Morgan fingerprint density at radius 2 is 1.72 bits per heavy atom. The van der Waals surface area contributed by atoms with Gasteiger partial charge in [0.25, 0.3) is 0 Å². The summed E-state index contributed by atoms with van der Waals surface area (Å²) in [5.41, 5.74) is 2.45. The highest BCUT2D eigenvalue weighted by Gasteiger charge is 2.14. The number of ether oxygens (including phenoxy) is 1. The molecule has 0 aliphatic heterocycles. The molecule has 1 aromatic heterocycles. The highest BCUT2D eigenvalue weighted by molar-refractivity contribution is 7.90. The summed E-state index contributed by atoms with van der Waals surface area (Å²) in [7, 11) is -3.41. The lowest BCUT2D eigenvalue weighted by atomic mass is 10.2. The Morgan fingerprint density at radius 1 is 0.966 bits per heavy atom. The van der Waals surface area contributed by atoms with Crippen molar-refractivity contribution in [1.82, 2.24) is 9.55 Å². The van der Waals surface area contributed by atoms with E-state index in [0.29, 0.717) is 16.5 Å². The number of hydrogen-bond acceptors (Lipinski definition) is 4. The molecule has 4 aromatic rings. The molecule has 8 heteroatoms. The van der Waals surface area contributed by atoms with E-state index in [9.17, 15) is 8.42 Å². The van der Waals surface area contributed by atoms with Crippen LogP contribution < -0.4 is 4.74 Å². The molecular weight excluding hydrogens is 431 g/mol. The average Bonchev–Trinajstić information content (AvgIpc) is 2.98. The van der Waals surface area contributed by atoms with Crippen LogP contribution in [0, 0.1) is 6.92 Å². The van der Waals surface area contributed by atoms with Crippen LogP contribution in [0.1, 0.15) is 5.82 Å². The maximum Gasteiger partial charge on any atom is 0.175 e. The molecule has 0 bridgehead atoms. The maximum absolute atomic E-state index is 11.9. The molecule has 0 amide bonds. The van der Waals surface area contributed by atoms with Gasteiger partial charge in [-0.25, -0.2) is 13.4 Å². The van der Waals surface area contributed by atoms with Gasteiger partial charge in [0.2, 0.25) is 0 Å². The lowest BCUT2D eigenvalue weighted by molar-refractivity contribution is 0.480. The SMILES string of the molecule is Cc1nc2c(Cl)cccc2n1-c1cccc(Oc2cc(Cl)cc(S(C)(=O)=O)c2)c1. The van der Waals surface area contributed by atoms with Crippen molar-refractivity contribution >= 4 is 44.1 Å². The summed E-state index contributed by atoms with van der Waals surface area (Å²) >= 11 is 12.3. The van der Waals surface area contributed by atoms with Gasteiger partial charge in [0.05, 0.1) is 21.1 Å². The fraction of sp³-hybridized carbons (Fsp3) is 0.0952. The fourth-order valence-electron chi connectivity index (χ4n) is 3.14. The topological polar surface area (TPSA) is 61.2 Å². The van der Waals surface area contributed by atoms with Crippen LogP contribution in [0.25, 0.3) is 16.7 Å². The third-order valence-corrected chi connectivity index (χ3v) is 6.00. The molecule has 29 heavy (non-hydrogen) atoms. The molecule has 0 N–H and O–H groups in total. The van der Waals surface area contributed by atoms with Gasteiger partial charge in [-0.15, -0.1) is 0 Å². The van der Waals surface area contributed by atoms with E-state index in [1.54, 1.807) is 18.2 Å². The summed E-state index contributed by atoms with van der Waals surface area (Å²) in [6.07, 6.45) is 1.13. The monoisotopic (exact) mass is 446 g/mol. The molecule has 0 radical (unpaired) electrons. The third kappa shape index (κ3) is 3.96. The number of imidazole rings is 1. The first-order valence-electron chi connectivity index (χ1n) is 8.65. The number of rotatable bonds is 4. The number of aryl methyl sites for hydroxylation is 1. The van der Waals surface area contributed by atoms with Crippen LogP contribution in [0.15, 0.2) is 65.6 Å². The van der Waals surface area contributed by atoms with E-state index in [0.717, 1.165) is 28.8 Å². The van der Waals surface area contributed by atoms with Gasteiger partial charge >= 0.3 is 0 Å². The fourth-order valence-corrected chi connectivity index (χ4v) is 4.31. The Hall–Kier alpha value is -2.54. The van der Waals surface area contributed by atoms with Crippen LogP contribution in [0.4, 0.5) is 0 Å². The molecule has 5 nitrogen and oxygen atoms in total. The number of fused-ring (bicyclic) bond motifs is 1. The van der Waals surface area contributed by atoms with E-state index < -0.39 is 9.84 Å². The van der Waals surface area contributed by atoms with Crippen LogP contribution in [0.2, 0.25) is 10.0 Å². The van der Waals surface area contributed by atoms with Gasteiger partial charge in [0.15, 0.2) is 9.84 Å². The Morgan fingerprint density at radius 3 is 2.48 bits per heavy atom. The molecule has 0 unspecified atom stereocenters. The van der Waals surface area contributed by atoms with E-state index in [1.165, 1.54) is 12.1 Å². The lowest BCUT2D eigenvalue weighted by Crippen LogP contribution is -1.99. The number of halogens is 2. The number of benzene rings is 3. The largest absolute Gasteiger partial charge is 0.457 e. The highest BCUT2D eigenvalue weighted by atomic mass is 35.5. The average molecular weight is 447 g/mol. The first kappa shape index (κ1) is 19.8. The number of hydrogen-bond donors (Lipinski definition) is 0. The Bertz CT molecular complexity index is 1350. The minimum Gasteiger partial charge on any atom is -0.457 e. The van der Waals surface area contributed by atoms with Gasteiger partial charge in [-0.05, 0) is 49.4 Å². The second-order valence-electron chi connectivity index (χ2n) is 6.60. The Labute approximate surface area is 178 Å². The summed E-state index contributed by atoms with van der Waals surface area (Å²) in [5.74, 6) is 1.66. The first-order chi connectivity index (χ1) is 13.7. The maximum atomic E-state index is 11.9. The minimum absolute atomic E-state index is 0.0993. The summed E-state index contributed by atoms with van der Waals surface area (Å²) in [6, 6.07) is 17.5. The molecule has 0 spiro atoms. The molecule has 0 saturated heterocycles. The lowest BCUT2D eigenvalue weighted by Gasteiger charge is -2.11. The van der Waals surface area contributed by atoms with Gasteiger partial charge in [0.1, 0.15) is 22.8 Å². The van der Waals surface area contributed by atoms with Crippen LogP contribution in [0.5, 0.6) is 11.5 Å². The summed E-state index contributed by atoms with van der Waals surface area (Å²) < 4.78 is 31.6. The first-order valence-corrected chi connectivity index (χ1v) is 11.3. The van der Waals surface area contributed by atoms with Gasteiger partial charge in [-0.3, -0.25) is 4.57 Å². The second-order valence-corrected chi connectivity index (χ2v) is 9.46. The zero-order valence-electron chi connectivity index (χ0n) is 15.6. The van der Waals surface area contributed by atoms with Crippen molar-refractivity contribution in [3.63, 3.8) is 0 Å². The quantitative estimate of drug-likeness (QED) is 0.395. The standard InChI is InChI=1S/C21H16Cl2N2O3S/c1-13-24-21-19(23)7-4-8-20(21)25(13)15-5-3-6-16(11-15)28-17-9-14(22)10-18(12-17)29(2,26)27/h3-12H,1-2H3. The van der Waals surface area contributed by atoms with Crippen molar-refractivity contribution in [2.75, 3.05) is 6.26 Å². The van der Waals surface area contributed by atoms with E-state index in [-0.39, 0.29) is 9.92 Å². The Balaban J connectivity index is 1.76. The van der Waals surface area contributed by atoms with E-state index >= 15 is 0 Å². The van der Waals surface area contributed by atoms with Crippen LogP contribution >= 0.6 is 23.2 Å². The van der Waals surface area contributed by atoms with E-state index in [1.807, 2.05) is 41.8 Å². The predicted molar refractivity (Wildman–Crippen MR) is 115 cm³/mol. The van der Waals surface area contributed by atoms with Crippen LogP contribution in [-0.4, -0.2) is 24.2 Å². The summed E-state index contributed by atoms with van der Waals surface area (Å²) in [6.45, 7) is 1.90. The number of aromatic nitrogens is 2. The molecule has 0 atom stereocenters. The molecule has 148 valence electrons. The van der Waals surface area contributed by atoms with E-state index in [2.05, 4.69) is 4.98 Å².